The van der Waals surface area contributed by atoms with Crippen LogP contribution in [0.3, 0.4) is 0 Å². The van der Waals surface area contributed by atoms with E-state index in [4.69, 9.17) is 10.5 Å². The number of hydrogen-bond acceptors (Lipinski definition) is 5. The molecule has 2 heterocycles. The number of H-pyrrole nitrogens is 1. The molecule has 1 aromatic heterocycles. The molecule has 0 amide bonds. The van der Waals surface area contributed by atoms with Crippen LogP contribution in [0.15, 0.2) is 35.7 Å². The summed E-state index contributed by atoms with van der Waals surface area (Å²) >= 11 is 0. The van der Waals surface area contributed by atoms with Gasteiger partial charge >= 0.3 is 6.18 Å². The molecule has 34 heavy (non-hydrogen) atoms. The molecule has 0 saturated heterocycles. The molecule has 0 saturated carbocycles. The Labute approximate surface area is 197 Å². The number of nitrogens with zero attached hydrogens (tertiary/aromatic N) is 2. The third-order valence-electron chi connectivity index (χ3n) is 6.23. The van der Waals surface area contributed by atoms with Crippen LogP contribution in [0.4, 0.5) is 13.2 Å². The van der Waals surface area contributed by atoms with Crippen LogP contribution < -0.4 is 15.8 Å². The van der Waals surface area contributed by atoms with Gasteiger partial charge in [0.1, 0.15) is 11.6 Å². The number of aromatic nitrogens is 2. The molecule has 0 bridgehead atoms. The predicted octanol–water partition coefficient (Wildman–Crippen LogP) is 5.17. The monoisotopic (exact) mass is 473 g/mol. The Morgan fingerprint density at radius 2 is 2.03 bits per heavy atom. The number of nitriles is 1. The fourth-order valence-corrected chi connectivity index (χ4v) is 4.69. The summed E-state index contributed by atoms with van der Waals surface area (Å²) in [6.45, 7) is 6.32. The summed E-state index contributed by atoms with van der Waals surface area (Å²) in [6.07, 6.45) is 1.66. The van der Waals surface area contributed by atoms with Crippen LogP contribution >= 0.6 is 0 Å². The number of halogens is 3. The van der Waals surface area contributed by atoms with Gasteiger partial charge in [0.25, 0.3) is 0 Å². The van der Waals surface area contributed by atoms with Gasteiger partial charge in [-0.2, -0.15) is 23.5 Å². The fraction of sp³-hybridized carbons (Fsp3) is 0.440. The molecule has 182 valence electrons. The minimum absolute atomic E-state index is 0.0702. The summed E-state index contributed by atoms with van der Waals surface area (Å²) in [5.41, 5.74) is 5.91. The van der Waals surface area contributed by atoms with Crippen molar-refractivity contribution in [2.45, 2.75) is 51.6 Å². The second kappa shape index (κ2) is 9.94. The van der Waals surface area contributed by atoms with E-state index in [0.29, 0.717) is 22.4 Å². The zero-order valence-electron chi connectivity index (χ0n) is 19.8. The first-order chi connectivity index (χ1) is 16.1. The minimum atomic E-state index is -4.56. The van der Waals surface area contributed by atoms with Crippen LogP contribution in [0.5, 0.6) is 5.88 Å². The van der Waals surface area contributed by atoms with Crippen molar-refractivity contribution in [3.8, 4) is 11.9 Å². The van der Waals surface area contributed by atoms with E-state index in [1.54, 1.807) is 19.1 Å². The van der Waals surface area contributed by atoms with Crippen LogP contribution in [0.1, 0.15) is 61.1 Å². The van der Waals surface area contributed by atoms with Crippen molar-refractivity contribution < 1.29 is 17.9 Å². The molecular formula is C25H30F3N5O. The quantitative estimate of drug-likeness (QED) is 0.460. The lowest BCUT2D eigenvalue weighted by atomic mass is 9.61. The van der Waals surface area contributed by atoms with Crippen molar-refractivity contribution in [3.63, 3.8) is 0 Å². The van der Waals surface area contributed by atoms with Gasteiger partial charge < -0.3 is 15.8 Å². The maximum Gasteiger partial charge on any atom is 0.416 e. The highest BCUT2D eigenvalue weighted by molar-refractivity contribution is 5.64. The summed E-state index contributed by atoms with van der Waals surface area (Å²) in [6, 6.07) is 6.05. The maximum absolute atomic E-state index is 14.0. The molecule has 2 aromatic rings. The zero-order valence-corrected chi connectivity index (χ0v) is 19.8. The average molecular weight is 474 g/mol. The highest BCUT2D eigenvalue weighted by atomic mass is 19.4. The Morgan fingerprint density at radius 3 is 2.65 bits per heavy atom. The molecule has 1 aliphatic rings. The molecule has 0 spiro atoms. The number of alkyl halides is 3. The number of hydrogen-bond donors (Lipinski definition) is 3. The van der Waals surface area contributed by atoms with Crippen LogP contribution in [-0.2, 0) is 11.6 Å². The number of fused-ring (bicyclic) bond motifs is 1. The Kier molecular flexibility index (Phi) is 7.41. The summed E-state index contributed by atoms with van der Waals surface area (Å²) < 4.78 is 47.5. The predicted molar refractivity (Wildman–Crippen MR) is 125 cm³/mol. The zero-order chi connectivity index (χ0) is 25.1. The first-order valence-electron chi connectivity index (χ1n) is 11.2. The highest BCUT2D eigenvalue weighted by Gasteiger charge is 2.51. The molecule has 1 atom stereocenters. The summed E-state index contributed by atoms with van der Waals surface area (Å²) in [5, 5.41) is 20.1. The van der Waals surface area contributed by atoms with Crippen molar-refractivity contribution >= 4 is 6.08 Å². The van der Waals surface area contributed by atoms with E-state index in [-0.39, 0.29) is 23.3 Å². The van der Waals surface area contributed by atoms with Crippen molar-refractivity contribution in [2.75, 3.05) is 13.6 Å². The SMILES string of the molecule is CNCCCC/C=C/c1cc(C(F)(F)F)cc(C2(C(C)C)C(C#N)=C(N)Oc3[nH]nc(C)c32)c1. The Balaban J connectivity index is 2.24. The minimum Gasteiger partial charge on any atom is -0.422 e. The van der Waals surface area contributed by atoms with Gasteiger partial charge in [-0.1, -0.05) is 32.1 Å². The third-order valence-corrected chi connectivity index (χ3v) is 6.23. The molecule has 0 aliphatic carbocycles. The van der Waals surface area contributed by atoms with E-state index in [2.05, 4.69) is 21.6 Å². The van der Waals surface area contributed by atoms with Crippen LogP contribution in [0.2, 0.25) is 0 Å². The van der Waals surface area contributed by atoms with E-state index in [1.807, 2.05) is 27.0 Å². The fourth-order valence-electron chi connectivity index (χ4n) is 4.69. The first kappa shape index (κ1) is 25.4. The van der Waals surface area contributed by atoms with E-state index < -0.39 is 17.2 Å². The molecule has 6 nitrogen and oxygen atoms in total. The Hall–Kier alpha value is -3.25. The summed E-state index contributed by atoms with van der Waals surface area (Å²) in [4.78, 5) is 0. The second-order valence-electron chi connectivity index (χ2n) is 8.77. The van der Waals surface area contributed by atoms with Gasteiger partial charge in [-0.05, 0) is 69.0 Å². The lowest BCUT2D eigenvalue weighted by molar-refractivity contribution is -0.137. The molecule has 1 aliphatic heterocycles. The normalized spacial score (nSPS) is 18.3. The van der Waals surface area contributed by atoms with Gasteiger partial charge in [0, 0.05) is 0 Å². The van der Waals surface area contributed by atoms with Crippen molar-refractivity contribution in [2.24, 2.45) is 11.7 Å². The number of benzene rings is 1. The number of rotatable bonds is 8. The molecule has 4 N–H and O–H groups in total. The molecule has 3 rings (SSSR count). The number of allylic oxidation sites excluding steroid dienone is 2. The largest absolute Gasteiger partial charge is 0.422 e. The maximum atomic E-state index is 14.0. The summed E-state index contributed by atoms with van der Waals surface area (Å²) in [7, 11) is 1.88. The molecule has 9 heteroatoms. The molecule has 1 unspecified atom stereocenters. The number of nitrogens with one attached hydrogen (secondary N) is 2. The van der Waals surface area contributed by atoms with E-state index >= 15 is 0 Å². The Morgan fingerprint density at radius 1 is 1.29 bits per heavy atom. The molecule has 1 aromatic carbocycles. The van der Waals surface area contributed by atoms with Crippen molar-refractivity contribution in [3.05, 3.63) is 63.7 Å². The lowest BCUT2D eigenvalue weighted by Gasteiger charge is -2.41. The van der Waals surface area contributed by atoms with Gasteiger partial charge in [0.05, 0.1) is 22.2 Å². The van der Waals surface area contributed by atoms with Gasteiger partial charge in [-0.15, -0.1) is 0 Å². The van der Waals surface area contributed by atoms with Gasteiger partial charge in [0.15, 0.2) is 0 Å². The highest BCUT2D eigenvalue weighted by Crippen LogP contribution is 2.53. The molecule has 0 fully saturated rings. The van der Waals surface area contributed by atoms with Crippen molar-refractivity contribution in [1.29, 1.82) is 5.26 Å². The van der Waals surface area contributed by atoms with Gasteiger partial charge in [-0.25, -0.2) is 5.10 Å². The lowest BCUT2D eigenvalue weighted by Crippen LogP contribution is -2.41. The number of ether oxygens (including phenoxy) is 1. The number of unbranched alkanes of at least 4 members (excludes halogenated alkanes) is 2. The third kappa shape index (κ3) is 4.55. The van der Waals surface area contributed by atoms with Gasteiger partial charge in [0.2, 0.25) is 11.8 Å². The van der Waals surface area contributed by atoms with Gasteiger partial charge in [-0.3, -0.25) is 0 Å². The molecular weight excluding hydrogens is 443 g/mol. The number of nitrogens with two attached hydrogens (primary N) is 1. The van der Waals surface area contributed by atoms with E-state index in [1.165, 1.54) is 0 Å². The first-order valence-corrected chi connectivity index (χ1v) is 11.2. The topological polar surface area (TPSA) is 99.8 Å². The molecule has 0 radical (unpaired) electrons. The smallest absolute Gasteiger partial charge is 0.416 e. The van der Waals surface area contributed by atoms with Crippen LogP contribution in [0.25, 0.3) is 6.08 Å². The van der Waals surface area contributed by atoms with Crippen LogP contribution in [-0.4, -0.2) is 23.8 Å². The Bertz CT molecular complexity index is 1140. The standard InChI is InChI=1S/C25H30F3N5O/c1-15(2)24(20(14-29)22(30)34-23-21(24)16(3)32-33-23)18-11-17(9-7-5-6-8-10-31-4)12-19(13-18)25(26,27)28/h7,9,11-13,15,31H,5-6,8,10,30H2,1-4H3,(H,32,33)/b9-7+. The van der Waals surface area contributed by atoms with Crippen LogP contribution in [0, 0.1) is 24.2 Å². The number of aromatic amines is 1. The van der Waals surface area contributed by atoms with E-state index in [0.717, 1.165) is 37.9 Å². The number of aryl methyl sites for hydroxylation is 1. The average Bonchev–Trinajstić information content (AvgIpc) is 3.14. The van der Waals surface area contributed by atoms with Crippen molar-refractivity contribution in [1.82, 2.24) is 15.5 Å². The van der Waals surface area contributed by atoms with E-state index in [9.17, 15) is 18.4 Å². The second-order valence-corrected chi connectivity index (χ2v) is 8.77. The summed E-state index contributed by atoms with van der Waals surface area (Å²) in [5.74, 6) is -0.241.